The van der Waals surface area contributed by atoms with E-state index in [0.29, 0.717) is 0 Å². The van der Waals surface area contributed by atoms with Gasteiger partial charge in [0.05, 0.1) is 0 Å². The fourth-order valence-corrected chi connectivity index (χ4v) is 0.732. The first-order chi connectivity index (χ1) is 4.79. The molecular weight excluding hydrogens is 370 g/mol. The molecule has 0 N–H and O–H groups in total. The van der Waals surface area contributed by atoms with Gasteiger partial charge in [0.15, 0.2) is 0 Å². The smallest absolute Gasteiger partial charge is 0.228 e. The molecule has 6 heteroatoms. The summed E-state index contributed by atoms with van der Waals surface area (Å²) in [6.45, 7) is -0.0825. The Balaban J connectivity index is -0.000000333. The van der Waals surface area contributed by atoms with Crippen LogP contribution in [-0.2, 0) is 6.54 Å². The first kappa shape index (κ1) is 18.8. The highest BCUT2D eigenvalue weighted by Crippen LogP contribution is 1.98. The Morgan fingerprint density at radius 3 is 1.92 bits per heavy atom. The zero-order chi connectivity index (χ0) is 7.40. The van der Waals surface area contributed by atoms with Crippen molar-refractivity contribution in [2.45, 2.75) is 6.54 Å². The Morgan fingerprint density at radius 1 is 1.08 bits per heavy atom. The highest BCUT2D eigenvalue weighted by Gasteiger charge is 1.97. The lowest BCUT2D eigenvalue weighted by Gasteiger charge is -1.90. The number of benzene rings is 1. The molecule has 0 aliphatic heterocycles. The van der Waals surface area contributed by atoms with Gasteiger partial charge in [0.1, 0.15) is 0 Å². The van der Waals surface area contributed by atoms with E-state index in [2.05, 4.69) is 0 Å². The summed E-state index contributed by atoms with van der Waals surface area (Å²) < 4.78 is 0. The number of hydrogen-bond donors (Lipinski definition) is 0. The van der Waals surface area contributed by atoms with Crippen molar-refractivity contribution in [1.82, 2.24) is 0 Å². The Kier molecular flexibility index (Phi) is 14.6. The van der Waals surface area contributed by atoms with E-state index in [4.69, 9.17) is 0 Å². The summed E-state index contributed by atoms with van der Waals surface area (Å²) in [5.41, 5.74) is 0.743. The topological polar surface area (TPSA) is 43.1 Å². The van der Waals surface area contributed by atoms with E-state index in [9.17, 15) is 10.1 Å². The maximum atomic E-state index is 9.97. The van der Waals surface area contributed by atoms with Crippen molar-refractivity contribution >= 4 is 50.9 Å². The van der Waals surface area contributed by atoms with Crippen molar-refractivity contribution in [2.75, 3.05) is 0 Å². The minimum atomic E-state index is -0.338. The Bertz CT molecular complexity index is 230. The zero-order valence-corrected chi connectivity index (χ0v) is 11.7. The van der Waals surface area contributed by atoms with Crippen LogP contribution in [-0.4, -0.2) is 4.92 Å². The number of rotatable bonds is 2. The van der Waals surface area contributed by atoms with Crippen LogP contribution in [0.1, 0.15) is 5.56 Å². The minimum absolute atomic E-state index is 0. The van der Waals surface area contributed by atoms with Crippen molar-refractivity contribution in [3.8, 4) is 0 Å². The van der Waals surface area contributed by atoms with Crippen molar-refractivity contribution in [1.29, 1.82) is 0 Å². The van der Waals surface area contributed by atoms with E-state index in [-0.39, 0.29) is 62.4 Å². The fraction of sp³-hybridized carbons (Fsp3) is 0.143. The number of nitrogens with zero attached hydrogens (tertiary/aromatic N) is 1. The molecule has 0 saturated carbocycles. The van der Waals surface area contributed by atoms with Crippen LogP contribution in [0.25, 0.3) is 0 Å². The Labute approximate surface area is 108 Å². The molecule has 0 aliphatic carbocycles. The predicted molar refractivity (Wildman–Crippen MR) is 68.1 cm³/mol. The van der Waals surface area contributed by atoms with Crippen molar-refractivity contribution in [3.05, 3.63) is 46.0 Å². The molecule has 0 spiro atoms. The number of nitro groups is 1. The van der Waals surface area contributed by atoms with Gasteiger partial charge in [-0.2, -0.15) is 0 Å². The Hall–Kier alpha value is 0.0600. The van der Waals surface area contributed by atoms with Gasteiger partial charge in [0, 0.05) is 10.5 Å². The van der Waals surface area contributed by atoms with Crippen molar-refractivity contribution in [3.63, 3.8) is 0 Å². The molecule has 0 fully saturated rings. The first-order valence-electron chi connectivity index (χ1n) is 2.95. The third kappa shape index (κ3) is 8.39. The molecule has 0 radical (unpaired) electrons. The predicted octanol–water partition coefficient (Wildman–Crippen LogP) is 3.20. The molecule has 0 unspecified atom stereocenters. The molecule has 0 bridgehead atoms. The van der Waals surface area contributed by atoms with Gasteiger partial charge in [-0.1, -0.05) is 30.3 Å². The van der Waals surface area contributed by atoms with Crippen LogP contribution in [0.4, 0.5) is 0 Å². The minimum Gasteiger partial charge on any atom is -0.264 e. The highest BCUT2D eigenvalue weighted by molar-refractivity contribution is 8.93. The fourth-order valence-electron chi connectivity index (χ4n) is 0.732. The van der Waals surface area contributed by atoms with Gasteiger partial charge in [-0.15, -0.1) is 50.9 Å². The van der Waals surface area contributed by atoms with Crippen molar-refractivity contribution < 1.29 is 4.92 Å². The van der Waals surface area contributed by atoms with Gasteiger partial charge < -0.3 is 0 Å². The number of hydrogen-bond acceptors (Lipinski definition) is 2. The van der Waals surface area contributed by atoms with Crippen LogP contribution in [0.2, 0.25) is 0 Å². The zero-order valence-electron chi connectivity index (χ0n) is 6.58. The molecule has 0 saturated heterocycles. The van der Waals surface area contributed by atoms with E-state index < -0.39 is 0 Å². The second-order valence-electron chi connectivity index (χ2n) is 1.98. The number of halogens is 3. The van der Waals surface area contributed by atoms with Crippen molar-refractivity contribution in [2.24, 2.45) is 0 Å². The molecule has 3 nitrogen and oxygen atoms in total. The molecule has 0 amide bonds. The Morgan fingerprint density at radius 2 is 1.54 bits per heavy atom. The van der Waals surface area contributed by atoms with E-state index in [1.165, 1.54) is 0 Å². The molecule has 0 heterocycles. The van der Waals surface area contributed by atoms with E-state index in [0.717, 1.165) is 5.56 Å². The van der Waals surface area contributed by atoms with Gasteiger partial charge in [0.25, 0.3) is 0 Å². The summed E-state index contributed by atoms with van der Waals surface area (Å²) in [6, 6.07) is 8.90. The highest BCUT2D eigenvalue weighted by atomic mass is 79.9. The second-order valence-corrected chi connectivity index (χ2v) is 1.98. The molecule has 0 aromatic heterocycles. The monoisotopic (exact) mass is 377 g/mol. The van der Waals surface area contributed by atoms with Crippen LogP contribution < -0.4 is 0 Å². The average Bonchev–Trinajstić information content (AvgIpc) is 1.88. The van der Waals surface area contributed by atoms with Gasteiger partial charge in [0.2, 0.25) is 6.54 Å². The van der Waals surface area contributed by atoms with Gasteiger partial charge in [-0.3, -0.25) is 10.1 Å². The summed E-state index contributed by atoms with van der Waals surface area (Å²) in [5, 5.41) is 9.97. The average molecular weight is 380 g/mol. The van der Waals surface area contributed by atoms with Crippen LogP contribution in [0.5, 0.6) is 0 Å². The van der Waals surface area contributed by atoms with Crippen LogP contribution in [0.15, 0.2) is 30.3 Å². The summed E-state index contributed by atoms with van der Waals surface area (Å²) in [4.78, 5) is 9.64. The van der Waals surface area contributed by atoms with Crippen LogP contribution in [0.3, 0.4) is 0 Å². The standard InChI is InChI=1S/C7H7NO2.3BrH/c9-8(10)6-7-4-2-1-3-5-7;;;/h1-5H,6H2;3*1H. The SMILES string of the molecule is Br.Br.Br.O=[N+]([O-])Cc1ccccc1. The third-order valence-electron chi connectivity index (χ3n) is 1.15. The maximum Gasteiger partial charge on any atom is 0.228 e. The van der Waals surface area contributed by atoms with Gasteiger partial charge in [-0.05, 0) is 0 Å². The molecule has 0 aliphatic rings. The quantitative estimate of drug-likeness (QED) is 0.585. The molecule has 76 valence electrons. The van der Waals surface area contributed by atoms with Gasteiger partial charge in [-0.25, -0.2) is 0 Å². The van der Waals surface area contributed by atoms with Gasteiger partial charge >= 0.3 is 0 Å². The lowest BCUT2D eigenvalue weighted by atomic mass is 10.2. The van der Waals surface area contributed by atoms with E-state index >= 15 is 0 Å². The largest absolute Gasteiger partial charge is 0.264 e. The van der Waals surface area contributed by atoms with E-state index in [1.807, 2.05) is 6.07 Å². The first-order valence-corrected chi connectivity index (χ1v) is 2.95. The van der Waals surface area contributed by atoms with Crippen LogP contribution >= 0.6 is 50.9 Å². The lowest BCUT2D eigenvalue weighted by Crippen LogP contribution is -1.96. The molecular formula is C7H10Br3NO2. The van der Waals surface area contributed by atoms with Crippen LogP contribution in [0, 0.1) is 10.1 Å². The molecule has 1 rings (SSSR count). The summed E-state index contributed by atoms with van der Waals surface area (Å²) in [5.74, 6) is 0. The normalized spacial score (nSPS) is 7.08. The molecule has 1 aromatic rings. The summed E-state index contributed by atoms with van der Waals surface area (Å²) >= 11 is 0. The summed E-state index contributed by atoms with van der Waals surface area (Å²) in [7, 11) is 0. The molecule has 0 atom stereocenters. The second kappa shape index (κ2) is 10.1. The molecule has 13 heavy (non-hydrogen) atoms. The summed E-state index contributed by atoms with van der Waals surface area (Å²) in [6.07, 6.45) is 0. The van der Waals surface area contributed by atoms with E-state index in [1.54, 1.807) is 24.3 Å². The lowest BCUT2D eigenvalue weighted by molar-refractivity contribution is -0.496. The third-order valence-corrected chi connectivity index (χ3v) is 1.15. The maximum absolute atomic E-state index is 9.97. The molecule has 1 aromatic carbocycles.